The van der Waals surface area contributed by atoms with Gasteiger partial charge in [0.15, 0.2) is 11.4 Å². The zero-order chi connectivity index (χ0) is 24.4. The Morgan fingerprint density at radius 3 is 2.58 bits per heavy atom. The van der Waals surface area contributed by atoms with Gasteiger partial charge in [0, 0.05) is 23.7 Å². The number of Topliss-reactive ketones (excluding diaryl/α,β-unsaturated/α-hetero) is 1. The second-order valence-electron chi connectivity index (χ2n) is 10.4. The van der Waals surface area contributed by atoms with Crippen LogP contribution in [0.5, 0.6) is 0 Å². The van der Waals surface area contributed by atoms with Gasteiger partial charge in [-0.1, -0.05) is 25.5 Å². The zero-order valence-corrected chi connectivity index (χ0v) is 19.9. The molecule has 4 rings (SSSR count). The molecule has 33 heavy (non-hydrogen) atoms. The van der Waals surface area contributed by atoms with Crippen LogP contribution in [0.3, 0.4) is 0 Å². The molecule has 0 bridgehead atoms. The highest BCUT2D eigenvalue weighted by molar-refractivity contribution is 7.46. The van der Waals surface area contributed by atoms with Crippen LogP contribution in [-0.4, -0.2) is 50.7 Å². The predicted molar refractivity (Wildman–Crippen MR) is 116 cm³/mol. The molecule has 0 aromatic carbocycles. The fourth-order valence-electron chi connectivity index (χ4n) is 7.50. The van der Waals surface area contributed by atoms with Crippen molar-refractivity contribution in [2.24, 2.45) is 28.6 Å². The van der Waals surface area contributed by atoms with Crippen LogP contribution in [0.15, 0.2) is 23.8 Å². The van der Waals surface area contributed by atoms with Crippen molar-refractivity contribution in [2.75, 3.05) is 6.61 Å². The molecule has 3 fully saturated rings. The second-order valence-corrected chi connectivity index (χ2v) is 11.6. The summed E-state index contributed by atoms with van der Waals surface area (Å²) in [4.78, 5) is 55.5. The van der Waals surface area contributed by atoms with Gasteiger partial charge in [-0.2, -0.15) is 0 Å². The lowest BCUT2D eigenvalue weighted by Gasteiger charge is -2.59. The summed E-state index contributed by atoms with van der Waals surface area (Å²) >= 11 is 0. The van der Waals surface area contributed by atoms with Gasteiger partial charge in [-0.05, 0) is 56.1 Å². The van der Waals surface area contributed by atoms with E-state index in [1.807, 2.05) is 19.9 Å². The largest absolute Gasteiger partial charge is 0.470 e. The molecule has 3 N–H and O–H groups in total. The van der Waals surface area contributed by atoms with Crippen molar-refractivity contribution in [3.63, 3.8) is 0 Å². The van der Waals surface area contributed by atoms with E-state index in [1.165, 1.54) is 6.92 Å². The van der Waals surface area contributed by atoms with Gasteiger partial charge in [0.1, 0.15) is 6.61 Å². The van der Waals surface area contributed by atoms with Crippen LogP contribution in [0, 0.1) is 28.6 Å². The Bertz CT molecular complexity index is 996. The highest BCUT2D eigenvalue weighted by Gasteiger charge is 2.70. The Kier molecular flexibility index (Phi) is 5.90. The number of aliphatic hydroxyl groups is 1. The first kappa shape index (κ1) is 24.5. The summed E-state index contributed by atoms with van der Waals surface area (Å²) in [5.74, 6) is -1.63. The Balaban J connectivity index is 1.72. The van der Waals surface area contributed by atoms with Crippen LogP contribution >= 0.6 is 7.82 Å². The van der Waals surface area contributed by atoms with Crippen molar-refractivity contribution in [1.29, 1.82) is 0 Å². The Hall–Kier alpha value is -1.64. The fourth-order valence-corrected chi connectivity index (χ4v) is 7.79. The van der Waals surface area contributed by atoms with Crippen LogP contribution in [0.4, 0.5) is 0 Å². The van der Waals surface area contributed by atoms with E-state index in [2.05, 4.69) is 4.52 Å². The average Bonchev–Trinajstić information content (AvgIpc) is 2.98. The number of allylic oxidation sites excluding steroid dienone is 4. The summed E-state index contributed by atoms with van der Waals surface area (Å²) in [6.45, 7) is 4.17. The number of rotatable bonds is 5. The molecule has 0 radical (unpaired) electrons. The average molecular weight is 482 g/mol. The maximum absolute atomic E-state index is 13.3. The highest BCUT2D eigenvalue weighted by atomic mass is 31.2. The summed E-state index contributed by atoms with van der Waals surface area (Å²) < 4.78 is 21.4. The van der Waals surface area contributed by atoms with Crippen LogP contribution in [0.25, 0.3) is 0 Å². The van der Waals surface area contributed by atoms with Crippen LogP contribution in [0.1, 0.15) is 52.9 Å². The number of esters is 1. The molecule has 4 aliphatic carbocycles. The Labute approximate surface area is 192 Å². The van der Waals surface area contributed by atoms with Crippen molar-refractivity contribution < 1.29 is 43.1 Å². The number of ketones is 2. The summed E-state index contributed by atoms with van der Waals surface area (Å²) in [5, 5.41) is 11.4. The third kappa shape index (κ3) is 3.78. The first-order valence-corrected chi connectivity index (χ1v) is 12.8. The van der Waals surface area contributed by atoms with E-state index >= 15 is 0 Å². The molecule has 0 aliphatic heterocycles. The number of ether oxygens (including phenoxy) is 1. The SMILES string of the molecule is CC(=O)O[C@]1(C(=O)COP(=O)(O)O)CC[C@H]2[C@@H]3CCC4=CC(=O)C=C[C@]4(C)[C@H]3[C@@H](O)C[C@@]21C. The second kappa shape index (κ2) is 7.95. The molecular weight excluding hydrogens is 451 g/mol. The molecule has 182 valence electrons. The standard InChI is InChI=1S/C23H31O9P/c1-13(24)32-23(19(27)12-31-33(28,29)30)9-7-17-16-5-4-14-10-15(25)6-8-21(14,2)20(16)18(26)11-22(17,23)3/h6,8,10,16-18,20,26H,4-5,7,9,11-12H2,1-3H3,(H2,28,29,30)/t16-,17-,18-,20+,21-,22-,23-/m0/s1. The van der Waals surface area contributed by atoms with Gasteiger partial charge < -0.3 is 19.6 Å². The maximum atomic E-state index is 13.3. The molecule has 0 amide bonds. The van der Waals surface area contributed by atoms with Crippen LogP contribution < -0.4 is 0 Å². The van der Waals surface area contributed by atoms with Crippen molar-refractivity contribution in [2.45, 2.75) is 64.6 Å². The molecule has 9 nitrogen and oxygen atoms in total. The van der Waals surface area contributed by atoms with E-state index in [1.54, 1.807) is 12.2 Å². The monoisotopic (exact) mass is 482 g/mol. The Morgan fingerprint density at radius 1 is 1.24 bits per heavy atom. The molecule has 0 spiro atoms. The van der Waals surface area contributed by atoms with Gasteiger partial charge in [0.2, 0.25) is 5.78 Å². The first-order chi connectivity index (χ1) is 15.2. The molecule has 0 aromatic rings. The van der Waals surface area contributed by atoms with Crippen LogP contribution in [-0.2, 0) is 28.2 Å². The number of phosphoric acid groups is 1. The smallest absolute Gasteiger partial charge is 0.451 e. The summed E-state index contributed by atoms with van der Waals surface area (Å²) in [6.07, 6.45) is 6.64. The molecule has 0 saturated heterocycles. The molecule has 7 atom stereocenters. The van der Waals surface area contributed by atoms with Crippen molar-refractivity contribution >= 4 is 25.4 Å². The molecular formula is C23H31O9P. The van der Waals surface area contributed by atoms with Gasteiger partial charge >= 0.3 is 13.8 Å². The lowest BCUT2D eigenvalue weighted by molar-refractivity contribution is -0.198. The normalized spacial score (nSPS) is 42.1. The molecule has 0 heterocycles. The number of carbonyl (C=O) groups is 3. The van der Waals surface area contributed by atoms with Crippen LogP contribution in [0.2, 0.25) is 0 Å². The van der Waals surface area contributed by atoms with E-state index in [9.17, 15) is 24.1 Å². The third-order valence-electron chi connectivity index (χ3n) is 8.75. The van der Waals surface area contributed by atoms with Gasteiger partial charge in [0.25, 0.3) is 0 Å². The topological polar surface area (TPSA) is 147 Å². The molecule has 0 unspecified atom stereocenters. The number of fused-ring (bicyclic) bond motifs is 5. The predicted octanol–water partition coefficient (Wildman–Crippen LogP) is 2.25. The lowest BCUT2D eigenvalue weighted by atomic mass is 9.46. The van der Waals surface area contributed by atoms with Gasteiger partial charge in [-0.15, -0.1) is 0 Å². The third-order valence-corrected chi connectivity index (χ3v) is 9.21. The van der Waals surface area contributed by atoms with Gasteiger partial charge in [-0.25, -0.2) is 4.57 Å². The van der Waals surface area contributed by atoms with E-state index in [-0.39, 0.29) is 36.4 Å². The lowest BCUT2D eigenvalue weighted by Crippen LogP contribution is -2.63. The minimum absolute atomic E-state index is 0.0201. The van der Waals surface area contributed by atoms with E-state index in [0.717, 1.165) is 12.0 Å². The van der Waals surface area contributed by atoms with Crippen molar-refractivity contribution in [1.82, 2.24) is 0 Å². The Morgan fingerprint density at radius 2 is 1.94 bits per heavy atom. The molecule has 10 heteroatoms. The number of carbonyl (C=O) groups excluding carboxylic acids is 3. The number of aliphatic hydroxyl groups excluding tert-OH is 1. The summed E-state index contributed by atoms with van der Waals surface area (Å²) in [5.41, 5.74) is -2.03. The van der Waals surface area contributed by atoms with Gasteiger partial charge in [-0.3, -0.25) is 18.9 Å². The summed E-state index contributed by atoms with van der Waals surface area (Å²) in [7, 11) is -4.90. The van der Waals surface area contributed by atoms with Crippen molar-refractivity contribution in [3.05, 3.63) is 23.8 Å². The maximum Gasteiger partial charge on any atom is 0.470 e. The van der Waals surface area contributed by atoms with E-state index in [0.29, 0.717) is 12.8 Å². The highest BCUT2D eigenvalue weighted by Crippen LogP contribution is 2.68. The van der Waals surface area contributed by atoms with E-state index in [4.69, 9.17) is 14.5 Å². The number of phosphoric ester groups is 1. The number of hydrogen-bond donors (Lipinski definition) is 3. The van der Waals surface area contributed by atoms with E-state index < -0.39 is 48.7 Å². The fraction of sp³-hybridized carbons (Fsp3) is 0.696. The minimum Gasteiger partial charge on any atom is -0.451 e. The zero-order valence-electron chi connectivity index (χ0n) is 19.0. The number of hydrogen-bond acceptors (Lipinski definition) is 7. The quantitative estimate of drug-likeness (QED) is 0.396. The molecule has 0 aromatic heterocycles. The first-order valence-electron chi connectivity index (χ1n) is 11.3. The minimum atomic E-state index is -4.90. The van der Waals surface area contributed by atoms with Gasteiger partial charge in [0.05, 0.1) is 6.10 Å². The summed E-state index contributed by atoms with van der Waals surface area (Å²) in [6, 6.07) is 0. The van der Waals surface area contributed by atoms with Crippen molar-refractivity contribution in [3.8, 4) is 0 Å². The molecule has 3 saturated carbocycles. The molecule has 4 aliphatic rings.